The summed E-state index contributed by atoms with van der Waals surface area (Å²) in [7, 11) is 0. The second kappa shape index (κ2) is 4.67. The second-order valence-corrected chi connectivity index (χ2v) is 4.12. The minimum atomic E-state index is -0.925. The zero-order valence-corrected chi connectivity index (χ0v) is 9.91. The van der Waals surface area contributed by atoms with Crippen molar-refractivity contribution < 1.29 is 13.6 Å². The zero-order valence-electron chi connectivity index (χ0n) is 8.32. The molecule has 0 saturated heterocycles. The van der Waals surface area contributed by atoms with E-state index in [1.165, 1.54) is 18.7 Å². The molecule has 6 heteroatoms. The number of hydrogen-bond donors (Lipinski definition) is 0. The van der Waals surface area contributed by atoms with Crippen LogP contribution in [0.4, 0.5) is 8.78 Å². The number of carbonyl (C=O) groups is 1. The standard InChI is InChI=1S/C11H5BrF2N2O/c12-7-1-8(13)10(9(14)2-7)11(17)6-3-15-5-16-4-6/h1-5H. The van der Waals surface area contributed by atoms with Crippen molar-refractivity contribution in [2.75, 3.05) is 0 Å². The number of carbonyl (C=O) groups excluding carboxylic acids is 1. The smallest absolute Gasteiger partial charge is 0.202 e. The Morgan fingerprint density at radius 1 is 1.12 bits per heavy atom. The summed E-state index contributed by atoms with van der Waals surface area (Å²) in [5, 5.41) is 0. The molecule has 0 aliphatic carbocycles. The Bertz CT molecular complexity index is 552. The van der Waals surface area contributed by atoms with Gasteiger partial charge >= 0.3 is 0 Å². The zero-order chi connectivity index (χ0) is 12.4. The van der Waals surface area contributed by atoms with E-state index in [0.29, 0.717) is 0 Å². The van der Waals surface area contributed by atoms with Crippen LogP contribution in [0.25, 0.3) is 0 Å². The number of hydrogen-bond acceptors (Lipinski definition) is 3. The molecule has 86 valence electrons. The number of benzene rings is 1. The fraction of sp³-hybridized carbons (Fsp3) is 0. The summed E-state index contributed by atoms with van der Waals surface area (Å²) >= 11 is 2.94. The molecular formula is C11H5BrF2N2O. The van der Waals surface area contributed by atoms with Gasteiger partial charge in [0, 0.05) is 16.9 Å². The molecule has 1 aromatic heterocycles. The van der Waals surface area contributed by atoms with Crippen molar-refractivity contribution in [2.24, 2.45) is 0 Å². The van der Waals surface area contributed by atoms with E-state index in [2.05, 4.69) is 25.9 Å². The molecule has 0 fully saturated rings. The third kappa shape index (κ3) is 2.36. The van der Waals surface area contributed by atoms with Gasteiger partial charge in [-0.15, -0.1) is 0 Å². The summed E-state index contributed by atoms with van der Waals surface area (Å²) in [5.74, 6) is -2.63. The Kier molecular flexibility index (Phi) is 3.23. The van der Waals surface area contributed by atoms with Gasteiger partial charge in [-0.3, -0.25) is 4.79 Å². The lowest BCUT2D eigenvalue weighted by atomic mass is 10.1. The van der Waals surface area contributed by atoms with Gasteiger partial charge in [-0.05, 0) is 12.1 Å². The lowest BCUT2D eigenvalue weighted by Crippen LogP contribution is -2.08. The molecule has 0 saturated carbocycles. The highest BCUT2D eigenvalue weighted by molar-refractivity contribution is 9.10. The minimum Gasteiger partial charge on any atom is -0.288 e. The molecule has 2 rings (SSSR count). The Morgan fingerprint density at radius 2 is 1.65 bits per heavy atom. The van der Waals surface area contributed by atoms with Crippen LogP contribution in [-0.2, 0) is 0 Å². The first-order chi connectivity index (χ1) is 8.09. The van der Waals surface area contributed by atoms with Crippen LogP contribution in [0.3, 0.4) is 0 Å². The average molecular weight is 299 g/mol. The van der Waals surface area contributed by atoms with Crippen LogP contribution in [-0.4, -0.2) is 15.8 Å². The van der Waals surface area contributed by atoms with E-state index in [0.717, 1.165) is 12.1 Å². The fourth-order valence-corrected chi connectivity index (χ4v) is 1.72. The van der Waals surface area contributed by atoms with Gasteiger partial charge in [0.05, 0.1) is 11.1 Å². The van der Waals surface area contributed by atoms with E-state index in [9.17, 15) is 13.6 Å². The molecule has 3 nitrogen and oxygen atoms in total. The molecule has 0 radical (unpaired) electrons. The largest absolute Gasteiger partial charge is 0.288 e. The highest BCUT2D eigenvalue weighted by atomic mass is 79.9. The van der Waals surface area contributed by atoms with Gasteiger partial charge in [0.1, 0.15) is 18.0 Å². The quantitative estimate of drug-likeness (QED) is 0.801. The van der Waals surface area contributed by atoms with Gasteiger partial charge in [0.25, 0.3) is 0 Å². The van der Waals surface area contributed by atoms with Crippen molar-refractivity contribution in [3.63, 3.8) is 0 Å². The highest BCUT2D eigenvalue weighted by Crippen LogP contribution is 2.21. The van der Waals surface area contributed by atoms with Crippen molar-refractivity contribution in [1.82, 2.24) is 9.97 Å². The molecule has 0 spiro atoms. The van der Waals surface area contributed by atoms with Crippen LogP contribution in [0, 0.1) is 11.6 Å². The molecule has 17 heavy (non-hydrogen) atoms. The van der Waals surface area contributed by atoms with E-state index in [1.54, 1.807) is 0 Å². The highest BCUT2D eigenvalue weighted by Gasteiger charge is 2.20. The number of nitrogens with zero attached hydrogens (tertiary/aromatic N) is 2. The van der Waals surface area contributed by atoms with Crippen LogP contribution >= 0.6 is 15.9 Å². The Labute approximate surface area is 104 Å². The molecule has 0 bridgehead atoms. The Morgan fingerprint density at radius 3 is 2.18 bits per heavy atom. The van der Waals surface area contributed by atoms with Gasteiger partial charge in [-0.25, -0.2) is 18.7 Å². The van der Waals surface area contributed by atoms with Gasteiger partial charge in [-0.1, -0.05) is 15.9 Å². The van der Waals surface area contributed by atoms with E-state index >= 15 is 0 Å². The molecule has 2 aromatic rings. The van der Waals surface area contributed by atoms with Crippen molar-refractivity contribution >= 4 is 21.7 Å². The molecular weight excluding hydrogens is 294 g/mol. The third-order valence-electron chi connectivity index (χ3n) is 2.06. The molecule has 0 amide bonds. The Hall–Kier alpha value is -1.69. The summed E-state index contributed by atoms with van der Waals surface area (Å²) in [6, 6.07) is 2.06. The maximum Gasteiger partial charge on any atom is 0.202 e. The number of aromatic nitrogens is 2. The molecule has 1 heterocycles. The van der Waals surface area contributed by atoms with Crippen LogP contribution in [0.5, 0.6) is 0 Å². The molecule has 1 aromatic carbocycles. The van der Waals surface area contributed by atoms with Crippen molar-refractivity contribution in [3.8, 4) is 0 Å². The molecule has 0 unspecified atom stereocenters. The molecule has 0 atom stereocenters. The fourth-order valence-electron chi connectivity index (χ4n) is 1.32. The molecule has 0 aliphatic rings. The van der Waals surface area contributed by atoms with E-state index in [1.807, 2.05) is 0 Å². The van der Waals surface area contributed by atoms with E-state index in [-0.39, 0.29) is 10.0 Å². The molecule has 0 aliphatic heterocycles. The minimum absolute atomic E-state index is 0.0348. The summed E-state index contributed by atoms with van der Waals surface area (Å²) < 4.78 is 27.3. The predicted molar refractivity (Wildman–Crippen MR) is 59.5 cm³/mol. The summed E-state index contributed by atoms with van der Waals surface area (Å²) in [6.45, 7) is 0. The van der Waals surface area contributed by atoms with Crippen LogP contribution in [0.2, 0.25) is 0 Å². The SMILES string of the molecule is O=C(c1cncnc1)c1c(F)cc(Br)cc1F. The van der Waals surface area contributed by atoms with Gasteiger partial charge in [0.15, 0.2) is 0 Å². The summed E-state index contributed by atoms with van der Waals surface area (Å²) in [5.41, 5.74) is -0.573. The third-order valence-corrected chi connectivity index (χ3v) is 2.51. The number of halogens is 3. The van der Waals surface area contributed by atoms with Crippen LogP contribution in [0.15, 0.2) is 35.3 Å². The number of rotatable bonds is 2. The first-order valence-corrected chi connectivity index (χ1v) is 5.33. The van der Waals surface area contributed by atoms with Gasteiger partial charge < -0.3 is 0 Å². The topological polar surface area (TPSA) is 42.9 Å². The first kappa shape index (κ1) is 11.8. The van der Waals surface area contributed by atoms with Crippen molar-refractivity contribution in [2.45, 2.75) is 0 Å². The maximum atomic E-state index is 13.5. The summed E-state index contributed by atoms with van der Waals surface area (Å²) in [6.07, 6.45) is 3.64. The van der Waals surface area contributed by atoms with E-state index in [4.69, 9.17) is 0 Å². The Balaban J connectivity index is 2.52. The van der Waals surface area contributed by atoms with E-state index < -0.39 is 23.0 Å². The van der Waals surface area contributed by atoms with Crippen LogP contribution in [0.1, 0.15) is 15.9 Å². The van der Waals surface area contributed by atoms with Gasteiger partial charge in [-0.2, -0.15) is 0 Å². The normalized spacial score (nSPS) is 10.3. The average Bonchev–Trinajstić information content (AvgIpc) is 2.28. The van der Waals surface area contributed by atoms with Crippen molar-refractivity contribution in [3.05, 3.63) is 58.1 Å². The lowest BCUT2D eigenvalue weighted by Gasteiger charge is -2.04. The number of ketones is 1. The van der Waals surface area contributed by atoms with Crippen LogP contribution < -0.4 is 0 Å². The molecule has 0 N–H and O–H groups in total. The van der Waals surface area contributed by atoms with Gasteiger partial charge in [0.2, 0.25) is 5.78 Å². The second-order valence-electron chi connectivity index (χ2n) is 3.20. The predicted octanol–water partition coefficient (Wildman–Crippen LogP) is 2.75. The maximum absolute atomic E-state index is 13.5. The summed E-state index contributed by atoms with van der Waals surface area (Å²) in [4.78, 5) is 19.1. The lowest BCUT2D eigenvalue weighted by molar-refractivity contribution is 0.103. The first-order valence-electron chi connectivity index (χ1n) is 4.54. The van der Waals surface area contributed by atoms with Crippen molar-refractivity contribution in [1.29, 1.82) is 0 Å². The monoisotopic (exact) mass is 298 g/mol.